The van der Waals surface area contributed by atoms with Crippen LogP contribution in [0.1, 0.15) is 34.5 Å². The quantitative estimate of drug-likeness (QED) is 0.850. The Bertz CT molecular complexity index is 699. The number of fused-ring (bicyclic) bond motifs is 1. The maximum atomic E-state index is 12.8. The molecular weight excluding hydrogens is 278 g/mol. The molecule has 3 rings (SSSR count). The van der Waals surface area contributed by atoms with E-state index in [1.807, 2.05) is 43.3 Å². The highest BCUT2D eigenvalue weighted by atomic mass is 16.3. The van der Waals surface area contributed by atoms with Gasteiger partial charge in [-0.2, -0.15) is 0 Å². The molecule has 22 heavy (non-hydrogen) atoms. The minimum atomic E-state index is -1.01. The summed E-state index contributed by atoms with van der Waals surface area (Å²) >= 11 is 0. The molecular formula is C18H19NO3. The average Bonchev–Trinajstić information content (AvgIpc) is 2.54. The van der Waals surface area contributed by atoms with E-state index in [0.717, 1.165) is 5.56 Å². The topological polar surface area (TPSA) is 60.8 Å². The van der Waals surface area contributed by atoms with Crippen molar-refractivity contribution in [1.82, 2.24) is 0 Å². The van der Waals surface area contributed by atoms with Crippen LogP contribution in [-0.2, 0) is 0 Å². The molecule has 2 aromatic rings. The molecule has 0 aromatic heterocycles. The summed E-state index contributed by atoms with van der Waals surface area (Å²) in [4.78, 5) is 14.4. The van der Waals surface area contributed by atoms with E-state index < -0.39 is 18.2 Å². The van der Waals surface area contributed by atoms with Crippen LogP contribution in [0.2, 0.25) is 0 Å². The molecule has 0 bridgehead atoms. The Labute approximate surface area is 129 Å². The predicted molar refractivity (Wildman–Crippen MR) is 84.9 cm³/mol. The lowest BCUT2D eigenvalue weighted by atomic mass is 9.89. The van der Waals surface area contributed by atoms with E-state index in [9.17, 15) is 15.0 Å². The van der Waals surface area contributed by atoms with Crippen LogP contribution in [0.4, 0.5) is 5.69 Å². The van der Waals surface area contributed by atoms with Crippen molar-refractivity contribution in [2.45, 2.75) is 32.1 Å². The Balaban J connectivity index is 2.11. The van der Waals surface area contributed by atoms with Gasteiger partial charge in [0.1, 0.15) is 12.2 Å². The van der Waals surface area contributed by atoms with Crippen LogP contribution in [0.15, 0.2) is 48.5 Å². The SMILES string of the molecule is Cc1ccc2c(c1)C(O)[C@H](O)C(C)N2C(=O)c1ccccc1. The van der Waals surface area contributed by atoms with E-state index >= 15 is 0 Å². The van der Waals surface area contributed by atoms with Crippen molar-refractivity contribution in [3.63, 3.8) is 0 Å². The normalized spacial score (nSPS) is 24.0. The first-order valence-electron chi connectivity index (χ1n) is 7.36. The van der Waals surface area contributed by atoms with Gasteiger partial charge in [-0.05, 0) is 32.0 Å². The van der Waals surface area contributed by atoms with Gasteiger partial charge in [-0.25, -0.2) is 0 Å². The van der Waals surface area contributed by atoms with Crippen molar-refractivity contribution in [3.05, 3.63) is 65.2 Å². The summed E-state index contributed by atoms with van der Waals surface area (Å²) in [6.07, 6.45) is -1.99. The van der Waals surface area contributed by atoms with E-state index in [2.05, 4.69) is 0 Å². The van der Waals surface area contributed by atoms with Gasteiger partial charge in [0, 0.05) is 11.1 Å². The largest absolute Gasteiger partial charge is 0.388 e. The highest BCUT2D eigenvalue weighted by molar-refractivity contribution is 6.07. The van der Waals surface area contributed by atoms with E-state index in [-0.39, 0.29) is 5.91 Å². The fourth-order valence-electron chi connectivity index (χ4n) is 2.96. The maximum Gasteiger partial charge on any atom is 0.258 e. The molecule has 0 radical (unpaired) electrons. The van der Waals surface area contributed by atoms with E-state index in [4.69, 9.17) is 0 Å². The lowest BCUT2D eigenvalue weighted by molar-refractivity contribution is -0.00107. The Morgan fingerprint density at radius 2 is 1.77 bits per heavy atom. The van der Waals surface area contributed by atoms with Crippen LogP contribution in [-0.4, -0.2) is 28.3 Å². The zero-order valence-electron chi connectivity index (χ0n) is 12.6. The van der Waals surface area contributed by atoms with Gasteiger partial charge >= 0.3 is 0 Å². The fraction of sp³-hybridized carbons (Fsp3) is 0.278. The second kappa shape index (κ2) is 5.55. The van der Waals surface area contributed by atoms with Gasteiger partial charge in [-0.3, -0.25) is 4.79 Å². The summed E-state index contributed by atoms with van der Waals surface area (Å²) in [5.41, 5.74) is 2.79. The number of aliphatic hydroxyl groups is 2. The number of amides is 1. The van der Waals surface area contributed by atoms with Crippen LogP contribution in [0.5, 0.6) is 0 Å². The molecule has 1 amide bonds. The third-order valence-electron chi connectivity index (χ3n) is 4.23. The summed E-state index contributed by atoms with van der Waals surface area (Å²) in [5.74, 6) is -0.177. The molecule has 0 saturated carbocycles. The van der Waals surface area contributed by atoms with Gasteiger partial charge in [0.2, 0.25) is 0 Å². The number of rotatable bonds is 1. The lowest BCUT2D eigenvalue weighted by Gasteiger charge is -2.41. The van der Waals surface area contributed by atoms with Crippen molar-refractivity contribution in [2.24, 2.45) is 0 Å². The first kappa shape index (κ1) is 14.8. The van der Waals surface area contributed by atoms with E-state index in [1.165, 1.54) is 0 Å². The van der Waals surface area contributed by atoms with Gasteiger partial charge in [0.25, 0.3) is 5.91 Å². The number of hydrogen-bond donors (Lipinski definition) is 2. The van der Waals surface area contributed by atoms with Crippen molar-refractivity contribution >= 4 is 11.6 Å². The van der Waals surface area contributed by atoms with Crippen molar-refractivity contribution in [2.75, 3.05) is 4.90 Å². The summed E-state index contributed by atoms with van der Waals surface area (Å²) in [7, 11) is 0. The molecule has 1 heterocycles. The molecule has 0 aliphatic carbocycles. The van der Waals surface area contributed by atoms with Crippen LogP contribution in [0.3, 0.4) is 0 Å². The number of carbonyl (C=O) groups excluding carboxylic acids is 1. The molecule has 4 heteroatoms. The van der Waals surface area contributed by atoms with Crippen LogP contribution >= 0.6 is 0 Å². The molecule has 0 fully saturated rings. The van der Waals surface area contributed by atoms with E-state index in [1.54, 1.807) is 24.0 Å². The standard InChI is InChI=1S/C18H19NO3/c1-11-8-9-15-14(10-11)17(21)16(20)12(2)19(15)18(22)13-6-4-3-5-7-13/h3-10,12,16-17,20-21H,1-2H3/t12?,16-,17?/m1/s1. The minimum Gasteiger partial charge on any atom is -0.388 e. The first-order chi connectivity index (χ1) is 10.5. The van der Waals surface area contributed by atoms with E-state index in [0.29, 0.717) is 16.8 Å². The molecule has 0 saturated heterocycles. The second-order valence-corrected chi connectivity index (χ2v) is 5.78. The zero-order valence-corrected chi connectivity index (χ0v) is 12.6. The van der Waals surface area contributed by atoms with Crippen molar-refractivity contribution < 1.29 is 15.0 Å². The predicted octanol–water partition coefficient (Wildman–Crippen LogP) is 2.44. The molecule has 114 valence electrons. The smallest absolute Gasteiger partial charge is 0.258 e. The third kappa shape index (κ3) is 2.30. The van der Waals surface area contributed by atoms with Gasteiger partial charge < -0.3 is 15.1 Å². The number of carbonyl (C=O) groups is 1. The second-order valence-electron chi connectivity index (χ2n) is 5.78. The summed E-state index contributed by atoms with van der Waals surface area (Å²) in [6.45, 7) is 3.66. The first-order valence-corrected chi connectivity index (χ1v) is 7.36. The highest BCUT2D eigenvalue weighted by Gasteiger charge is 2.39. The maximum absolute atomic E-state index is 12.8. The number of aliphatic hydroxyl groups excluding tert-OH is 2. The number of benzene rings is 2. The lowest BCUT2D eigenvalue weighted by Crippen LogP contribution is -2.51. The molecule has 4 nitrogen and oxygen atoms in total. The van der Waals surface area contributed by atoms with Gasteiger partial charge in [-0.15, -0.1) is 0 Å². The Morgan fingerprint density at radius 1 is 1.09 bits per heavy atom. The van der Waals surface area contributed by atoms with Crippen LogP contribution in [0.25, 0.3) is 0 Å². The molecule has 2 N–H and O–H groups in total. The van der Waals surface area contributed by atoms with Crippen molar-refractivity contribution in [3.8, 4) is 0 Å². The molecule has 1 aliphatic rings. The molecule has 0 spiro atoms. The molecule has 3 atom stereocenters. The zero-order chi connectivity index (χ0) is 15.9. The molecule has 2 unspecified atom stereocenters. The number of hydrogen-bond acceptors (Lipinski definition) is 3. The van der Waals surface area contributed by atoms with Crippen molar-refractivity contribution in [1.29, 1.82) is 0 Å². The molecule has 1 aliphatic heterocycles. The van der Waals surface area contributed by atoms with Crippen LogP contribution in [0, 0.1) is 6.92 Å². The number of aryl methyl sites for hydroxylation is 1. The van der Waals surface area contributed by atoms with Gasteiger partial charge in [0.15, 0.2) is 0 Å². The highest BCUT2D eigenvalue weighted by Crippen LogP contribution is 2.38. The van der Waals surface area contributed by atoms with Gasteiger partial charge in [-0.1, -0.05) is 35.9 Å². The molecule has 2 aromatic carbocycles. The summed E-state index contributed by atoms with van der Waals surface area (Å²) in [6, 6.07) is 14.0. The monoisotopic (exact) mass is 297 g/mol. The minimum absolute atomic E-state index is 0.177. The fourth-order valence-corrected chi connectivity index (χ4v) is 2.96. The summed E-state index contributed by atoms with van der Waals surface area (Å²) < 4.78 is 0. The average molecular weight is 297 g/mol. The summed E-state index contributed by atoms with van der Waals surface area (Å²) in [5, 5.41) is 20.6. The van der Waals surface area contributed by atoms with Crippen LogP contribution < -0.4 is 4.90 Å². The van der Waals surface area contributed by atoms with Gasteiger partial charge in [0.05, 0.1) is 11.7 Å². The Morgan fingerprint density at radius 3 is 2.45 bits per heavy atom. The Hall–Kier alpha value is -2.17. The number of nitrogens with zero attached hydrogens (tertiary/aromatic N) is 1. The number of anilines is 1. The third-order valence-corrected chi connectivity index (χ3v) is 4.23. The Kier molecular flexibility index (Phi) is 3.72.